The molecule has 150 valence electrons. The van der Waals surface area contributed by atoms with Crippen molar-refractivity contribution in [2.24, 2.45) is 7.05 Å². The number of nitrogens with one attached hydrogen (secondary N) is 1. The van der Waals surface area contributed by atoms with Gasteiger partial charge in [0.25, 0.3) is 0 Å². The highest BCUT2D eigenvalue weighted by Crippen LogP contribution is 2.23. The molecule has 9 nitrogen and oxygen atoms in total. The molecule has 1 N–H and O–H groups in total. The van der Waals surface area contributed by atoms with Gasteiger partial charge in [0.2, 0.25) is 5.91 Å². The van der Waals surface area contributed by atoms with Crippen LogP contribution in [0.3, 0.4) is 0 Å². The lowest BCUT2D eigenvalue weighted by Gasteiger charge is -2.18. The first kappa shape index (κ1) is 20.0. The van der Waals surface area contributed by atoms with E-state index in [1.165, 1.54) is 11.8 Å². The van der Waals surface area contributed by atoms with E-state index in [1.54, 1.807) is 16.1 Å². The third-order valence-corrected chi connectivity index (χ3v) is 5.25. The van der Waals surface area contributed by atoms with Crippen LogP contribution in [-0.2, 0) is 11.8 Å². The molecule has 1 saturated heterocycles. The molecule has 1 aliphatic heterocycles. The molecular formula is C18H24N6O3S. The Hall–Kier alpha value is -2.75. The summed E-state index contributed by atoms with van der Waals surface area (Å²) in [6.07, 6.45) is 1.63. The number of hydrogen-bond acceptors (Lipinski definition) is 6. The van der Waals surface area contributed by atoms with Gasteiger partial charge in [0, 0.05) is 38.1 Å². The lowest BCUT2D eigenvalue weighted by atomic mass is 10.3. The van der Waals surface area contributed by atoms with E-state index in [-0.39, 0.29) is 18.5 Å². The molecule has 0 unspecified atom stereocenters. The Bertz CT molecular complexity index is 810. The fraction of sp³-hybridized carbons (Fsp3) is 0.444. The normalized spacial score (nSPS) is 13.9. The average Bonchev–Trinajstić information content (AvgIpc) is 3.26. The van der Waals surface area contributed by atoms with Gasteiger partial charge < -0.3 is 19.5 Å². The molecule has 0 aliphatic carbocycles. The van der Waals surface area contributed by atoms with Crippen molar-refractivity contribution in [1.29, 1.82) is 0 Å². The summed E-state index contributed by atoms with van der Waals surface area (Å²) in [6, 6.07) is 7.24. The number of thioether (sulfide) groups is 1. The first-order valence-corrected chi connectivity index (χ1v) is 10.1. The standard InChI is InChI=1S/C18H24N6O3S/c1-3-27-15-6-4-14(5-7-15)24-10-9-23(18(24)26)12-16(25)19-8-11-28-17-21-20-13-22(17)2/h4-7,13H,3,8-12H2,1-2H3,(H,19,25). The molecule has 3 rings (SSSR count). The Kier molecular flexibility index (Phi) is 6.75. The number of rotatable bonds is 9. The second-order valence-electron chi connectivity index (χ2n) is 6.21. The fourth-order valence-electron chi connectivity index (χ4n) is 2.82. The Morgan fingerprint density at radius 1 is 1.29 bits per heavy atom. The lowest BCUT2D eigenvalue weighted by Crippen LogP contribution is -2.40. The van der Waals surface area contributed by atoms with Crippen LogP contribution in [0, 0.1) is 0 Å². The van der Waals surface area contributed by atoms with E-state index in [9.17, 15) is 9.59 Å². The monoisotopic (exact) mass is 404 g/mol. The molecule has 2 heterocycles. The van der Waals surface area contributed by atoms with Crippen LogP contribution in [0.1, 0.15) is 6.92 Å². The van der Waals surface area contributed by atoms with Crippen molar-refractivity contribution in [3.05, 3.63) is 30.6 Å². The minimum Gasteiger partial charge on any atom is -0.494 e. The van der Waals surface area contributed by atoms with Gasteiger partial charge in [0.15, 0.2) is 5.16 Å². The summed E-state index contributed by atoms with van der Waals surface area (Å²) in [5, 5.41) is 11.4. The van der Waals surface area contributed by atoms with E-state index in [2.05, 4.69) is 15.5 Å². The molecule has 0 radical (unpaired) electrons. The molecule has 0 atom stereocenters. The van der Waals surface area contributed by atoms with Crippen LogP contribution in [0.5, 0.6) is 5.75 Å². The number of carbonyl (C=O) groups excluding carboxylic acids is 2. The van der Waals surface area contributed by atoms with Gasteiger partial charge in [-0.15, -0.1) is 10.2 Å². The second-order valence-corrected chi connectivity index (χ2v) is 7.27. The molecule has 1 aromatic heterocycles. The Morgan fingerprint density at radius 3 is 2.75 bits per heavy atom. The highest BCUT2D eigenvalue weighted by molar-refractivity contribution is 7.99. The van der Waals surface area contributed by atoms with Crippen LogP contribution in [0.25, 0.3) is 0 Å². The van der Waals surface area contributed by atoms with Gasteiger partial charge >= 0.3 is 6.03 Å². The maximum absolute atomic E-state index is 12.6. The summed E-state index contributed by atoms with van der Waals surface area (Å²) < 4.78 is 7.25. The van der Waals surface area contributed by atoms with Crippen molar-refractivity contribution in [1.82, 2.24) is 25.0 Å². The van der Waals surface area contributed by atoms with Crippen LogP contribution in [0.15, 0.2) is 35.7 Å². The van der Waals surface area contributed by atoms with E-state index < -0.39 is 0 Å². The van der Waals surface area contributed by atoms with Crippen LogP contribution < -0.4 is 15.0 Å². The summed E-state index contributed by atoms with van der Waals surface area (Å²) in [7, 11) is 1.87. The molecule has 3 amide bonds. The largest absolute Gasteiger partial charge is 0.494 e. The predicted octanol–water partition coefficient (Wildman–Crippen LogP) is 1.36. The molecule has 28 heavy (non-hydrogen) atoms. The fourth-order valence-corrected chi connectivity index (χ4v) is 3.57. The van der Waals surface area contributed by atoms with Gasteiger partial charge in [-0.05, 0) is 31.2 Å². The smallest absolute Gasteiger partial charge is 0.325 e. The topological polar surface area (TPSA) is 92.6 Å². The van der Waals surface area contributed by atoms with Crippen LogP contribution in [0.2, 0.25) is 0 Å². The SMILES string of the molecule is CCOc1ccc(N2CCN(CC(=O)NCCSc3nncn3C)C2=O)cc1. The zero-order valence-corrected chi connectivity index (χ0v) is 16.8. The summed E-state index contributed by atoms with van der Waals surface area (Å²) >= 11 is 1.52. The van der Waals surface area contributed by atoms with Gasteiger partial charge in [-0.25, -0.2) is 4.79 Å². The number of amides is 3. The third-order valence-electron chi connectivity index (χ3n) is 4.21. The zero-order chi connectivity index (χ0) is 19.9. The first-order chi connectivity index (χ1) is 13.6. The summed E-state index contributed by atoms with van der Waals surface area (Å²) in [5.41, 5.74) is 0.802. The molecule has 1 aliphatic rings. The van der Waals surface area contributed by atoms with Crippen molar-refractivity contribution in [2.75, 3.05) is 43.4 Å². The van der Waals surface area contributed by atoms with Crippen LogP contribution in [-0.4, -0.2) is 70.1 Å². The zero-order valence-electron chi connectivity index (χ0n) is 16.0. The summed E-state index contributed by atoms with van der Waals surface area (Å²) in [4.78, 5) is 28.0. The highest BCUT2D eigenvalue weighted by Gasteiger charge is 2.30. The number of aryl methyl sites for hydroxylation is 1. The summed E-state index contributed by atoms with van der Waals surface area (Å²) in [5.74, 6) is 1.29. The number of benzene rings is 1. The van der Waals surface area contributed by atoms with Gasteiger partial charge in [0.1, 0.15) is 18.6 Å². The molecular weight excluding hydrogens is 380 g/mol. The molecule has 0 saturated carbocycles. The lowest BCUT2D eigenvalue weighted by molar-refractivity contribution is -0.121. The number of carbonyl (C=O) groups is 2. The van der Waals surface area contributed by atoms with E-state index in [0.29, 0.717) is 32.0 Å². The average molecular weight is 404 g/mol. The van der Waals surface area contributed by atoms with Crippen LogP contribution in [0.4, 0.5) is 10.5 Å². The van der Waals surface area contributed by atoms with Crippen molar-refractivity contribution >= 4 is 29.4 Å². The first-order valence-electron chi connectivity index (χ1n) is 9.11. The molecule has 2 aromatic rings. The number of anilines is 1. The van der Waals surface area contributed by atoms with Crippen LogP contribution >= 0.6 is 11.8 Å². The summed E-state index contributed by atoms with van der Waals surface area (Å²) in [6.45, 7) is 4.16. The molecule has 0 spiro atoms. The maximum Gasteiger partial charge on any atom is 0.325 e. The minimum atomic E-state index is -0.166. The maximum atomic E-state index is 12.6. The quantitative estimate of drug-likeness (QED) is 0.501. The van der Waals surface area contributed by atoms with Crippen molar-refractivity contribution in [3.8, 4) is 5.75 Å². The van der Waals surface area contributed by atoms with Gasteiger partial charge in [-0.2, -0.15) is 0 Å². The number of ether oxygens (including phenoxy) is 1. The van der Waals surface area contributed by atoms with E-state index in [0.717, 1.165) is 16.6 Å². The molecule has 1 fully saturated rings. The van der Waals surface area contributed by atoms with E-state index in [4.69, 9.17) is 4.74 Å². The minimum absolute atomic E-state index is 0.0565. The molecule has 10 heteroatoms. The molecule has 0 bridgehead atoms. The van der Waals surface area contributed by atoms with Crippen molar-refractivity contribution in [2.45, 2.75) is 12.1 Å². The van der Waals surface area contributed by atoms with Gasteiger partial charge in [-0.3, -0.25) is 9.69 Å². The second kappa shape index (κ2) is 9.45. The number of aromatic nitrogens is 3. The van der Waals surface area contributed by atoms with E-state index in [1.807, 2.05) is 42.8 Å². The number of urea groups is 1. The number of nitrogens with zero attached hydrogens (tertiary/aromatic N) is 5. The highest BCUT2D eigenvalue weighted by atomic mass is 32.2. The Labute approximate surface area is 168 Å². The predicted molar refractivity (Wildman–Crippen MR) is 107 cm³/mol. The number of hydrogen-bond donors (Lipinski definition) is 1. The van der Waals surface area contributed by atoms with Gasteiger partial charge in [-0.1, -0.05) is 11.8 Å². The Morgan fingerprint density at radius 2 is 2.07 bits per heavy atom. The van der Waals surface area contributed by atoms with E-state index >= 15 is 0 Å². The Balaban J connectivity index is 1.42. The van der Waals surface area contributed by atoms with Gasteiger partial charge in [0.05, 0.1) is 6.61 Å². The molecule has 1 aromatic carbocycles. The third kappa shape index (κ3) is 4.94. The van der Waals surface area contributed by atoms with Crippen molar-refractivity contribution < 1.29 is 14.3 Å². The van der Waals surface area contributed by atoms with Crippen molar-refractivity contribution in [3.63, 3.8) is 0 Å².